The molecule has 1 saturated heterocycles. The van der Waals surface area contributed by atoms with E-state index in [0.717, 1.165) is 38.6 Å². The van der Waals surface area contributed by atoms with E-state index in [0.29, 0.717) is 19.5 Å². The molecule has 1 atom stereocenters. The van der Waals surface area contributed by atoms with Crippen molar-refractivity contribution in [1.82, 2.24) is 10.2 Å². The quantitative estimate of drug-likeness (QED) is 0.684. The van der Waals surface area contributed by atoms with Crippen LogP contribution < -0.4 is 11.1 Å². The summed E-state index contributed by atoms with van der Waals surface area (Å²) in [5.74, 6) is 0.194. The minimum atomic E-state index is -0.0164. The zero-order valence-corrected chi connectivity index (χ0v) is 11.3. The molecule has 3 N–H and O–H groups in total. The van der Waals surface area contributed by atoms with Gasteiger partial charge in [0.1, 0.15) is 0 Å². The van der Waals surface area contributed by atoms with Crippen LogP contribution in [0.2, 0.25) is 0 Å². The Hall–Kier alpha value is -1.10. The SMILES string of the molecule is CC(=O)NC1CCCN(C(=O)CCCCCN)C1. The van der Waals surface area contributed by atoms with Crippen LogP contribution in [0.25, 0.3) is 0 Å². The van der Waals surface area contributed by atoms with Gasteiger partial charge in [-0.25, -0.2) is 0 Å². The summed E-state index contributed by atoms with van der Waals surface area (Å²) in [7, 11) is 0. The van der Waals surface area contributed by atoms with E-state index in [-0.39, 0.29) is 17.9 Å². The number of likely N-dealkylation sites (tertiary alicyclic amines) is 1. The molecule has 18 heavy (non-hydrogen) atoms. The molecule has 1 unspecified atom stereocenters. The molecule has 1 aliphatic heterocycles. The largest absolute Gasteiger partial charge is 0.352 e. The van der Waals surface area contributed by atoms with E-state index in [1.165, 1.54) is 6.92 Å². The Kier molecular flexibility index (Phi) is 6.72. The van der Waals surface area contributed by atoms with Crippen LogP contribution in [0.4, 0.5) is 0 Å². The predicted molar refractivity (Wildman–Crippen MR) is 70.9 cm³/mol. The second kappa shape index (κ2) is 8.08. The van der Waals surface area contributed by atoms with Crippen LogP contribution in [0.5, 0.6) is 0 Å². The topological polar surface area (TPSA) is 75.4 Å². The van der Waals surface area contributed by atoms with Gasteiger partial charge in [-0.3, -0.25) is 9.59 Å². The Morgan fingerprint density at radius 1 is 1.33 bits per heavy atom. The molecule has 1 fully saturated rings. The fourth-order valence-corrected chi connectivity index (χ4v) is 2.36. The van der Waals surface area contributed by atoms with Gasteiger partial charge in [-0.05, 0) is 32.2 Å². The molecule has 0 radical (unpaired) electrons. The van der Waals surface area contributed by atoms with E-state index >= 15 is 0 Å². The summed E-state index contributed by atoms with van der Waals surface area (Å²) in [6, 6.07) is 0.129. The molecule has 0 aromatic rings. The number of unbranched alkanes of at least 4 members (excludes halogenated alkanes) is 2. The Morgan fingerprint density at radius 3 is 2.78 bits per heavy atom. The molecule has 0 saturated carbocycles. The highest BCUT2D eigenvalue weighted by Gasteiger charge is 2.23. The summed E-state index contributed by atoms with van der Waals surface area (Å²) in [5, 5.41) is 2.89. The zero-order chi connectivity index (χ0) is 13.4. The van der Waals surface area contributed by atoms with Gasteiger partial charge in [-0.1, -0.05) is 6.42 Å². The first-order valence-electron chi connectivity index (χ1n) is 6.88. The minimum Gasteiger partial charge on any atom is -0.352 e. The molecule has 104 valence electrons. The monoisotopic (exact) mass is 255 g/mol. The van der Waals surface area contributed by atoms with Gasteiger partial charge in [-0.2, -0.15) is 0 Å². The summed E-state index contributed by atoms with van der Waals surface area (Å²) in [6.07, 6.45) is 5.47. The van der Waals surface area contributed by atoms with E-state index in [4.69, 9.17) is 5.73 Å². The predicted octanol–water partition coefficient (Wildman–Crippen LogP) is 0.633. The third kappa shape index (κ3) is 5.49. The van der Waals surface area contributed by atoms with Crippen molar-refractivity contribution in [2.75, 3.05) is 19.6 Å². The molecular formula is C13H25N3O2. The van der Waals surface area contributed by atoms with Crippen molar-refractivity contribution in [3.8, 4) is 0 Å². The summed E-state index contributed by atoms with van der Waals surface area (Å²) in [4.78, 5) is 24.9. The molecule has 1 heterocycles. The standard InChI is InChI=1S/C13H25N3O2/c1-11(17)15-12-6-5-9-16(10-12)13(18)7-3-2-4-8-14/h12H,2-10,14H2,1H3,(H,15,17). The van der Waals surface area contributed by atoms with Gasteiger partial charge in [0.15, 0.2) is 0 Å². The molecule has 0 spiro atoms. The van der Waals surface area contributed by atoms with Crippen molar-refractivity contribution in [3.63, 3.8) is 0 Å². The first kappa shape index (κ1) is 15.0. The van der Waals surface area contributed by atoms with Crippen molar-refractivity contribution in [1.29, 1.82) is 0 Å². The highest BCUT2D eigenvalue weighted by Crippen LogP contribution is 2.12. The van der Waals surface area contributed by atoms with Gasteiger partial charge in [0, 0.05) is 32.5 Å². The van der Waals surface area contributed by atoms with Crippen LogP contribution in [0.3, 0.4) is 0 Å². The first-order chi connectivity index (χ1) is 8.63. The number of amides is 2. The number of nitrogens with zero attached hydrogens (tertiary/aromatic N) is 1. The van der Waals surface area contributed by atoms with Gasteiger partial charge in [0.2, 0.25) is 11.8 Å². The highest BCUT2D eigenvalue weighted by atomic mass is 16.2. The lowest BCUT2D eigenvalue weighted by Crippen LogP contribution is -2.49. The van der Waals surface area contributed by atoms with Crippen LogP contribution in [-0.2, 0) is 9.59 Å². The number of carbonyl (C=O) groups excluding carboxylic acids is 2. The van der Waals surface area contributed by atoms with E-state index in [1.54, 1.807) is 0 Å². The maximum Gasteiger partial charge on any atom is 0.222 e. The Balaban J connectivity index is 2.27. The number of piperidine rings is 1. The van der Waals surface area contributed by atoms with E-state index < -0.39 is 0 Å². The fourth-order valence-electron chi connectivity index (χ4n) is 2.36. The molecule has 1 rings (SSSR count). The van der Waals surface area contributed by atoms with Gasteiger partial charge >= 0.3 is 0 Å². The molecule has 1 aliphatic rings. The molecular weight excluding hydrogens is 230 g/mol. The molecule has 0 aromatic heterocycles. The summed E-state index contributed by atoms with van der Waals surface area (Å²) in [6.45, 7) is 3.71. The van der Waals surface area contributed by atoms with Crippen molar-refractivity contribution in [3.05, 3.63) is 0 Å². The molecule has 0 aromatic carbocycles. The number of hydrogen-bond acceptors (Lipinski definition) is 3. The Morgan fingerprint density at radius 2 is 2.11 bits per heavy atom. The van der Waals surface area contributed by atoms with Crippen molar-refractivity contribution in [2.24, 2.45) is 5.73 Å². The van der Waals surface area contributed by atoms with E-state index in [2.05, 4.69) is 5.32 Å². The lowest BCUT2D eigenvalue weighted by molar-refractivity contribution is -0.133. The average Bonchev–Trinajstić information content (AvgIpc) is 2.34. The number of hydrogen-bond donors (Lipinski definition) is 2. The number of rotatable bonds is 6. The van der Waals surface area contributed by atoms with Crippen LogP contribution in [0.1, 0.15) is 45.4 Å². The maximum atomic E-state index is 12.0. The van der Waals surface area contributed by atoms with Gasteiger partial charge in [0.05, 0.1) is 0 Å². The zero-order valence-electron chi connectivity index (χ0n) is 11.3. The second-order valence-electron chi connectivity index (χ2n) is 4.98. The van der Waals surface area contributed by atoms with Crippen LogP contribution in [0, 0.1) is 0 Å². The van der Waals surface area contributed by atoms with Crippen molar-refractivity contribution >= 4 is 11.8 Å². The number of carbonyl (C=O) groups is 2. The fraction of sp³-hybridized carbons (Fsp3) is 0.846. The van der Waals surface area contributed by atoms with Gasteiger partial charge in [0.25, 0.3) is 0 Å². The third-order valence-electron chi connectivity index (χ3n) is 3.28. The van der Waals surface area contributed by atoms with Crippen LogP contribution >= 0.6 is 0 Å². The first-order valence-corrected chi connectivity index (χ1v) is 6.88. The van der Waals surface area contributed by atoms with Crippen LogP contribution in [-0.4, -0.2) is 42.4 Å². The summed E-state index contributed by atoms with van der Waals surface area (Å²) in [5.41, 5.74) is 5.42. The molecule has 0 bridgehead atoms. The lowest BCUT2D eigenvalue weighted by Gasteiger charge is -2.33. The molecule has 0 aliphatic carbocycles. The Labute approximate surface area is 109 Å². The highest BCUT2D eigenvalue weighted by molar-refractivity contribution is 5.76. The van der Waals surface area contributed by atoms with Gasteiger partial charge in [-0.15, -0.1) is 0 Å². The molecule has 5 nitrogen and oxygen atoms in total. The normalized spacial score (nSPS) is 19.7. The smallest absolute Gasteiger partial charge is 0.222 e. The van der Waals surface area contributed by atoms with Gasteiger partial charge < -0.3 is 16.0 Å². The summed E-state index contributed by atoms with van der Waals surface area (Å²) >= 11 is 0. The second-order valence-corrected chi connectivity index (χ2v) is 4.98. The van der Waals surface area contributed by atoms with E-state index in [1.807, 2.05) is 4.90 Å². The Bertz CT molecular complexity index is 281. The van der Waals surface area contributed by atoms with Crippen molar-refractivity contribution in [2.45, 2.75) is 51.5 Å². The maximum absolute atomic E-state index is 12.0. The lowest BCUT2D eigenvalue weighted by atomic mass is 10.0. The number of nitrogens with two attached hydrogens (primary N) is 1. The molecule has 5 heteroatoms. The van der Waals surface area contributed by atoms with Crippen molar-refractivity contribution < 1.29 is 9.59 Å². The van der Waals surface area contributed by atoms with Crippen LogP contribution in [0.15, 0.2) is 0 Å². The minimum absolute atomic E-state index is 0.0164. The third-order valence-corrected chi connectivity index (χ3v) is 3.28. The molecule has 2 amide bonds. The number of nitrogens with one attached hydrogen (secondary N) is 1. The average molecular weight is 255 g/mol. The summed E-state index contributed by atoms with van der Waals surface area (Å²) < 4.78 is 0. The van der Waals surface area contributed by atoms with E-state index in [9.17, 15) is 9.59 Å².